The predicted molar refractivity (Wildman–Crippen MR) is 81.3 cm³/mol. The molecule has 3 aromatic heterocycles. The van der Waals surface area contributed by atoms with Gasteiger partial charge in [0.1, 0.15) is 5.82 Å². The highest BCUT2D eigenvalue weighted by atomic mass is 32.1. The largest absolute Gasteiger partial charge is 0.383 e. The first-order valence-corrected chi connectivity index (χ1v) is 6.90. The van der Waals surface area contributed by atoms with Crippen LogP contribution < -0.4 is 5.73 Å². The highest BCUT2D eigenvalue weighted by Crippen LogP contribution is 2.37. The second kappa shape index (κ2) is 3.83. The van der Waals surface area contributed by atoms with Crippen molar-refractivity contribution in [2.75, 3.05) is 5.73 Å². The summed E-state index contributed by atoms with van der Waals surface area (Å²) in [5.74, 6) is 0.600. The molecule has 0 atom stereocenters. The molecule has 0 bridgehead atoms. The van der Waals surface area contributed by atoms with Crippen molar-refractivity contribution in [3.8, 4) is 11.1 Å². The summed E-state index contributed by atoms with van der Waals surface area (Å²) in [7, 11) is 0. The molecule has 0 amide bonds. The molecule has 0 unspecified atom stereocenters. The summed E-state index contributed by atoms with van der Waals surface area (Å²) in [5, 5.41) is 4.41. The molecule has 4 rings (SSSR count). The number of anilines is 1. The molecule has 0 aliphatic carbocycles. The van der Waals surface area contributed by atoms with Crippen LogP contribution in [0.4, 0.5) is 5.82 Å². The number of fused-ring (bicyclic) bond motifs is 2. The van der Waals surface area contributed by atoms with Crippen molar-refractivity contribution < 1.29 is 0 Å². The number of nitrogen functional groups attached to an aromatic ring is 1. The number of aromatic amines is 1. The smallest absolute Gasteiger partial charge is 0.132 e. The third-order valence-corrected chi connectivity index (χ3v) is 4.33. The van der Waals surface area contributed by atoms with Crippen LogP contribution in [0.25, 0.3) is 32.1 Å². The molecule has 92 valence electrons. The van der Waals surface area contributed by atoms with Crippen LogP contribution in [0.1, 0.15) is 0 Å². The Kier molecular flexibility index (Phi) is 2.13. The summed E-state index contributed by atoms with van der Waals surface area (Å²) < 4.78 is 1.18. The van der Waals surface area contributed by atoms with Gasteiger partial charge in [-0.25, -0.2) is 4.98 Å². The first-order valence-electron chi connectivity index (χ1n) is 6.02. The van der Waals surface area contributed by atoms with Crippen LogP contribution >= 0.6 is 11.3 Å². The van der Waals surface area contributed by atoms with Crippen LogP contribution in [0.5, 0.6) is 0 Å². The molecule has 0 saturated heterocycles. The summed E-state index contributed by atoms with van der Waals surface area (Å²) in [5.41, 5.74) is 9.51. The molecule has 0 aliphatic heterocycles. The minimum atomic E-state index is 0.600. The second-order valence-electron chi connectivity index (χ2n) is 4.50. The van der Waals surface area contributed by atoms with E-state index in [1.54, 1.807) is 17.5 Å². The molecule has 19 heavy (non-hydrogen) atoms. The molecule has 0 spiro atoms. The number of nitrogens with one attached hydrogen (secondary N) is 1. The van der Waals surface area contributed by atoms with Crippen molar-refractivity contribution in [1.29, 1.82) is 0 Å². The Labute approximate surface area is 113 Å². The Morgan fingerprint density at radius 1 is 1.16 bits per heavy atom. The van der Waals surface area contributed by atoms with E-state index in [0.29, 0.717) is 5.82 Å². The monoisotopic (exact) mass is 265 g/mol. The molecule has 0 aliphatic rings. The fourth-order valence-electron chi connectivity index (χ4n) is 2.44. The molecule has 1 aromatic carbocycles. The number of thiophene rings is 1. The number of benzene rings is 1. The maximum atomic E-state index is 6.02. The Hall–Kier alpha value is -2.33. The lowest BCUT2D eigenvalue weighted by atomic mass is 10.0. The van der Waals surface area contributed by atoms with E-state index in [0.717, 1.165) is 16.5 Å². The number of hydrogen-bond donors (Lipinski definition) is 2. The van der Waals surface area contributed by atoms with Gasteiger partial charge in [-0.1, -0.05) is 6.07 Å². The van der Waals surface area contributed by atoms with E-state index in [2.05, 4.69) is 39.6 Å². The number of rotatable bonds is 1. The van der Waals surface area contributed by atoms with Gasteiger partial charge >= 0.3 is 0 Å². The molecule has 4 heteroatoms. The van der Waals surface area contributed by atoms with E-state index in [1.165, 1.54) is 15.6 Å². The van der Waals surface area contributed by atoms with E-state index >= 15 is 0 Å². The molecular formula is C15H11N3S. The van der Waals surface area contributed by atoms with Crippen LogP contribution in [-0.2, 0) is 0 Å². The van der Waals surface area contributed by atoms with Gasteiger partial charge < -0.3 is 10.7 Å². The maximum Gasteiger partial charge on any atom is 0.132 e. The zero-order valence-electron chi connectivity index (χ0n) is 10.1. The molecule has 3 N–H and O–H groups in total. The van der Waals surface area contributed by atoms with Gasteiger partial charge in [-0.15, -0.1) is 11.3 Å². The summed E-state index contributed by atoms with van der Waals surface area (Å²) in [6.45, 7) is 0. The van der Waals surface area contributed by atoms with Gasteiger partial charge in [0.15, 0.2) is 0 Å². The second-order valence-corrected chi connectivity index (χ2v) is 5.41. The zero-order chi connectivity index (χ0) is 12.8. The summed E-state index contributed by atoms with van der Waals surface area (Å²) in [4.78, 5) is 7.40. The maximum absolute atomic E-state index is 6.02. The van der Waals surface area contributed by atoms with Crippen molar-refractivity contribution in [1.82, 2.24) is 9.97 Å². The average molecular weight is 265 g/mol. The van der Waals surface area contributed by atoms with Crippen molar-refractivity contribution in [3.63, 3.8) is 0 Å². The van der Waals surface area contributed by atoms with E-state index in [-0.39, 0.29) is 0 Å². The standard InChI is InChI=1S/C15H11N3S/c16-15-14-11(8-19-13(14)4-6-18-15)9-1-2-12-10(7-9)3-5-17-12/h1-8,17H,(H2,16,18). The van der Waals surface area contributed by atoms with E-state index in [4.69, 9.17) is 5.73 Å². The Morgan fingerprint density at radius 3 is 3.05 bits per heavy atom. The first-order chi connectivity index (χ1) is 9.33. The number of nitrogens with zero attached hydrogens (tertiary/aromatic N) is 1. The number of pyridine rings is 1. The molecule has 0 saturated carbocycles. The topological polar surface area (TPSA) is 54.7 Å². The van der Waals surface area contributed by atoms with E-state index in [1.807, 2.05) is 12.3 Å². The fourth-order valence-corrected chi connectivity index (χ4v) is 3.41. The Morgan fingerprint density at radius 2 is 2.11 bits per heavy atom. The van der Waals surface area contributed by atoms with Gasteiger partial charge in [0.25, 0.3) is 0 Å². The van der Waals surface area contributed by atoms with Crippen LogP contribution in [0.15, 0.2) is 48.1 Å². The molecule has 0 radical (unpaired) electrons. The van der Waals surface area contributed by atoms with Crippen molar-refractivity contribution >= 4 is 38.1 Å². The summed E-state index contributed by atoms with van der Waals surface area (Å²) in [6, 6.07) is 10.5. The third-order valence-electron chi connectivity index (χ3n) is 3.38. The Balaban J connectivity index is 2.03. The quantitative estimate of drug-likeness (QED) is 0.546. The van der Waals surface area contributed by atoms with Crippen molar-refractivity contribution in [3.05, 3.63) is 48.1 Å². The minimum Gasteiger partial charge on any atom is -0.383 e. The normalized spacial score (nSPS) is 11.4. The highest BCUT2D eigenvalue weighted by Gasteiger charge is 2.10. The Bertz CT molecular complexity index is 889. The molecule has 3 heterocycles. The lowest BCUT2D eigenvalue weighted by molar-refractivity contribution is 1.38. The van der Waals surface area contributed by atoms with Crippen molar-refractivity contribution in [2.45, 2.75) is 0 Å². The number of H-pyrrole nitrogens is 1. The predicted octanol–water partition coefficient (Wildman–Crippen LogP) is 4.03. The minimum absolute atomic E-state index is 0.600. The van der Waals surface area contributed by atoms with Gasteiger partial charge in [0.2, 0.25) is 0 Å². The van der Waals surface area contributed by atoms with Crippen LogP contribution in [0.2, 0.25) is 0 Å². The first kappa shape index (κ1) is 10.6. The number of nitrogens with two attached hydrogens (primary N) is 1. The van der Waals surface area contributed by atoms with E-state index < -0.39 is 0 Å². The van der Waals surface area contributed by atoms with Gasteiger partial charge in [0.05, 0.1) is 0 Å². The van der Waals surface area contributed by atoms with Crippen LogP contribution in [0.3, 0.4) is 0 Å². The van der Waals surface area contributed by atoms with Crippen molar-refractivity contribution in [2.24, 2.45) is 0 Å². The zero-order valence-corrected chi connectivity index (χ0v) is 10.9. The van der Waals surface area contributed by atoms with Gasteiger partial charge in [-0.2, -0.15) is 0 Å². The number of hydrogen-bond acceptors (Lipinski definition) is 3. The van der Waals surface area contributed by atoms with Gasteiger partial charge in [0, 0.05) is 33.6 Å². The van der Waals surface area contributed by atoms with Gasteiger partial charge in [-0.3, -0.25) is 0 Å². The molecule has 4 aromatic rings. The molecular weight excluding hydrogens is 254 g/mol. The van der Waals surface area contributed by atoms with Crippen LogP contribution in [0, 0.1) is 0 Å². The summed E-state index contributed by atoms with van der Waals surface area (Å²) in [6.07, 6.45) is 3.71. The summed E-state index contributed by atoms with van der Waals surface area (Å²) >= 11 is 1.70. The third kappa shape index (κ3) is 1.54. The lowest BCUT2D eigenvalue weighted by Gasteiger charge is -2.02. The van der Waals surface area contributed by atoms with Crippen LogP contribution in [-0.4, -0.2) is 9.97 Å². The molecule has 0 fully saturated rings. The SMILES string of the molecule is Nc1nccc2scc(-c3ccc4[nH]ccc4c3)c12. The van der Waals surface area contributed by atoms with E-state index in [9.17, 15) is 0 Å². The molecule has 3 nitrogen and oxygen atoms in total. The number of aromatic nitrogens is 2. The highest BCUT2D eigenvalue weighted by molar-refractivity contribution is 7.17. The fraction of sp³-hybridized carbons (Fsp3) is 0. The lowest BCUT2D eigenvalue weighted by Crippen LogP contribution is -1.89. The average Bonchev–Trinajstić information content (AvgIpc) is 3.04. The van der Waals surface area contributed by atoms with Gasteiger partial charge in [-0.05, 0) is 40.6 Å².